The molecule has 0 heterocycles. The molecule has 23 heavy (non-hydrogen) atoms. The second kappa shape index (κ2) is 7.40. The van der Waals surface area contributed by atoms with E-state index in [1.165, 1.54) is 26.4 Å². The molecule has 0 radical (unpaired) electrons. The summed E-state index contributed by atoms with van der Waals surface area (Å²) in [6, 6.07) is 18.4. The van der Waals surface area contributed by atoms with E-state index in [0.717, 1.165) is 0 Å². The Morgan fingerprint density at radius 3 is 1.70 bits per heavy atom. The molecular formula is C19H18O4. The van der Waals surface area contributed by atoms with Gasteiger partial charge in [-0.25, -0.2) is 4.79 Å². The molecule has 118 valence electrons. The minimum atomic E-state index is -1.22. The Labute approximate surface area is 135 Å². The molecule has 2 aromatic carbocycles. The summed E-state index contributed by atoms with van der Waals surface area (Å²) in [6.45, 7) is 0. The number of esters is 2. The smallest absolute Gasteiger partial charge is 0.330 e. The van der Waals surface area contributed by atoms with E-state index in [4.69, 9.17) is 4.74 Å². The zero-order chi connectivity index (χ0) is 16.7. The van der Waals surface area contributed by atoms with Crippen molar-refractivity contribution in [3.63, 3.8) is 0 Å². The van der Waals surface area contributed by atoms with E-state index < -0.39 is 17.4 Å². The van der Waals surface area contributed by atoms with E-state index in [1.807, 2.05) is 60.7 Å². The van der Waals surface area contributed by atoms with Crippen LogP contribution in [0.3, 0.4) is 0 Å². The highest BCUT2D eigenvalue weighted by Gasteiger charge is 2.41. The average molecular weight is 310 g/mol. The lowest BCUT2D eigenvalue weighted by atomic mass is 9.74. The van der Waals surface area contributed by atoms with Crippen LogP contribution >= 0.6 is 0 Å². The number of methoxy groups -OCH3 is 2. The van der Waals surface area contributed by atoms with Crippen LogP contribution in [0.5, 0.6) is 0 Å². The Balaban J connectivity index is 2.71. The lowest BCUT2D eigenvalue weighted by Crippen LogP contribution is -2.36. The molecule has 0 amide bonds. The van der Waals surface area contributed by atoms with Crippen LogP contribution in [-0.2, 0) is 24.5 Å². The van der Waals surface area contributed by atoms with Gasteiger partial charge in [-0.3, -0.25) is 4.79 Å². The van der Waals surface area contributed by atoms with Gasteiger partial charge in [0, 0.05) is 6.08 Å². The van der Waals surface area contributed by atoms with Crippen molar-refractivity contribution in [2.75, 3.05) is 14.2 Å². The maximum Gasteiger partial charge on any atom is 0.330 e. The largest absolute Gasteiger partial charge is 0.468 e. The topological polar surface area (TPSA) is 52.6 Å². The molecule has 2 rings (SSSR count). The second-order valence-electron chi connectivity index (χ2n) is 4.89. The summed E-state index contributed by atoms with van der Waals surface area (Å²) < 4.78 is 9.70. The first-order valence-corrected chi connectivity index (χ1v) is 7.12. The molecule has 0 saturated heterocycles. The SMILES string of the molecule is COC(=O)/C=C\C(C(=O)OC)(c1ccccc1)c1ccccc1. The van der Waals surface area contributed by atoms with Crippen molar-refractivity contribution in [3.8, 4) is 0 Å². The number of hydrogen-bond donors (Lipinski definition) is 0. The third-order valence-corrected chi connectivity index (χ3v) is 3.64. The Hall–Kier alpha value is -2.88. The summed E-state index contributed by atoms with van der Waals surface area (Å²) in [7, 11) is 2.62. The van der Waals surface area contributed by atoms with Crippen LogP contribution in [0.2, 0.25) is 0 Å². The molecule has 4 heteroatoms. The second-order valence-corrected chi connectivity index (χ2v) is 4.89. The van der Waals surface area contributed by atoms with Crippen molar-refractivity contribution < 1.29 is 19.1 Å². The highest BCUT2D eigenvalue weighted by molar-refractivity contribution is 5.92. The van der Waals surface area contributed by atoms with Gasteiger partial charge < -0.3 is 9.47 Å². The minimum Gasteiger partial charge on any atom is -0.468 e. The van der Waals surface area contributed by atoms with E-state index in [0.29, 0.717) is 11.1 Å². The lowest BCUT2D eigenvalue weighted by molar-refractivity contribution is -0.144. The molecule has 0 saturated carbocycles. The molecule has 0 bridgehead atoms. The molecule has 0 atom stereocenters. The van der Waals surface area contributed by atoms with E-state index in [9.17, 15) is 9.59 Å². The number of carbonyl (C=O) groups excluding carboxylic acids is 2. The summed E-state index contributed by atoms with van der Waals surface area (Å²) >= 11 is 0. The van der Waals surface area contributed by atoms with E-state index in [-0.39, 0.29) is 0 Å². The van der Waals surface area contributed by atoms with E-state index >= 15 is 0 Å². The first-order chi connectivity index (χ1) is 11.1. The average Bonchev–Trinajstić information content (AvgIpc) is 2.63. The van der Waals surface area contributed by atoms with Crippen LogP contribution in [0.1, 0.15) is 11.1 Å². The molecule has 2 aromatic rings. The predicted molar refractivity (Wildman–Crippen MR) is 86.8 cm³/mol. The molecule has 0 aromatic heterocycles. The number of rotatable bonds is 5. The highest BCUT2D eigenvalue weighted by Crippen LogP contribution is 2.35. The Bertz CT molecular complexity index is 650. The summed E-state index contributed by atoms with van der Waals surface area (Å²) in [4.78, 5) is 24.3. The van der Waals surface area contributed by atoms with Crippen molar-refractivity contribution >= 4 is 11.9 Å². The normalized spacial score (nSPS) is 11.2. The maximum atomic E-state index is 12.7. The Kier molecular flexibility index (Phi) is 5.31. The monoisotopic (exact) mass is 310 g/mol. The summed E-state index contributed by atoms with van der Waals surface area (Å²) in [5, 5.41) is 0. The van der Waals surface area contributed by atoms with Gasteiger partial charge in [-0.15, -0.1) is 0 Å². The van der Waals surface area contributed by atoms with Gasteiger partial charge in [0.2, 0.25) is 0 Å². The van der Waals surface area contributed by atoms with Gasteiger partial charge >= 0.3 is 11.9 Å². The summed E-state index contributed by atoms with van der Waals surface area (Å²) in [5.74, 6) is -1.01. The zero-order valence-corrected chi connectivity index (χ0v) is 13.1. The van der Waals surface area contributed by atoms with Gasteiger partial charge in [0.15, 0.2) is 0 Å². The Morgan fingerprint density at radius 1 is 0.826 bits per heavy atom. The van der Waals surface area contributed by atoms with Gasteiger partial charge in [0.05, 0.1) is 14.2 Å². The van der Waals surface area contributed by atoms with Crippen molar-refractivity contribution in [1.82, 2.24) is 0 Å². The van der Waals surface area contributed by atoms with E-state index in [2.05, 4.69) is 4.74 Å². The Morgan fingerprint density at radius 2 is 1.30 bits per heavy atom. The summed E-state index contributed by atoms with van der Waals surface area (Å²) in [6.07, 6.45) is 2.77. The third-order valence-electron chi connectivity index (χ3n) is 3.64. The van der Waals surface area contributed by atoms with Gasteiger partial charge in [-0.1, -0.05) is 66.7 Å². The number of benzene rings is 2. The van der Waals surface area contributed by atoms with Crippen LogP contribution < -0.4 is 0 Å². The van der Waals surface area contributed by atoms with Crippen molar-refractivity contribution in [1.29, 1.82) is 0 Å². The van der Waals surface area contributed by atoms with Gasteiger partial charge in [0.1, 0.15) is 5.41 Å². The van der Waals surface area contributed by atoms with Crippen LogP contribution in [0, 0.1) is 0 Å². The molecule has 0 aliphatic heterocycles. The van der Waals surface area contributed by atoms with Crippen LogP contribution in [0.15, 0.2) is 72.8 Å². The molecular weight excluding hydrogens is 292 g/mol. The molecule has 0 unspecified atom stereocenters. The number of hydrogen-bond acceptors (Lipinski definition) is 4. The molecule has 0 spiro atoms. The summed E-state index contributed by atoms with van der Waals surface area (Å²) in [5.41, 5.74) is 0.197. The lowest BCUT2D eigenvalue weighted by Gasteiger charge is -2.29. The first kappa shape index (κ1) is 16.5. The van der Waals surface area contributed by atoms with Gasteiger partial charge in [-0.05, 0) is 11.1 Å². The first-order valence-electron chi connectivity index (χ1n) is 7.12. The predicted octanol–water partition coefficient (Wildman–Crippen LogP) is 2.87. The van der Waals surface area contributed by atoms with Crippen LogP contribution in [0.25, 0.3) is 0 Å². The molecule has 0 aliphatic carbocycles. The minimum absolute atomic E-state index is 0.477. The molecule has 0 aliphatic rings. The zero-order valence-electron chi connectivity index (χ0n) is 13.1. The van der Waals surface area contributed by atoms with Crippen molar-refractivity contribution in [2.45, 2.75) is 5.41 Å². The fourth-order valence-electron chi connectivity index (χ4n) is 2.49. The quantitative estimate of drug-likeness (QED) is 0.629. The van der Waals surface area contributed by atoms with Gasteiger partial charge in [0.25, 0.3) is 0 Å². The molecule has 0 N–H and O–H groups in total. The standard InChI is InChI=1S/C19H18O4/c1-22-17(20)13-14-19(18(21)23-2,15-9-5-3-6-10-15)16-11-7-4-8-12-16/h3-14H,1-2H3/b14-13-. The van der Waals surface area contributed by atoms with Crippen molar-refractivity contribution in [2.24, 2.45) is 0 Å². The third kappa shape index (κ3) is 3.31. The highest BCUT2D eigenvalue weighted by atomic mass is 16.5. The number of ether oxygens (including phenoxy) is 2. The molecule has 0 fully saturated rings. The fraction of sp³-hybridized carbons (Fsp3) is 0.158. The van der Waals surface area contributed by atoms with Crippen LogP contribution in [-0.4, -0.2) is 26.2 Å². The van der Waals surface area contributed by atoms with Crippen LogP contribution in [0.4, 0.5) is 0 Å². The van der Waals surface area contributed by atoms with Crippen molar-refractivity contribution in [3.05, 3.63) is 83.9 Å². The van der Waals surface area contributed by atoms with Gasteiger partial charge in [-0.2, -0.15) is 0 Å². The molecule has 4 nitrogen and oxygen atoms in total. The van der Waals surface area contributed by atoms with E-state index in [1.54, 1.807) is 0 Å². The fourth-order valence-corrected chi connectivity index (χ4v) is 2.49. The number of carbonyl (C=O) groups is 2. The maximum absolute atomic E-state index is 12.7.